The average molecular weight is 183 g/mol. The fraction of sp³-hybridized carbons (Fsp3) is 0.750. The molecule has 12 heavy (non-hydrogen) atoms. The van der Waals surface area contributed by atoms with Gasteiger partial charge in [0.2, 0.25) is 0 Å². The van der Waals surface area contributed by atoms with Gasteiger partial charge < -0.3 is 4.74 Å². The first-order valence-corrected chi connectivity index (χ1v) is 4.88. The lowest BCUT2D eigenvalue weighted by Gasteiger charge is -2.22. The number of hydrogen-bond acceptors (Lipinski definition) is 4. The molecule has 0 saturated carbocycles. The molecule has 0 fully saturated rings. The molecular formula is C8H11N2OS. The minimum absolute atomic E-state index is 0.103. The molecule has 0 N–H and O–H groups in total. The highest BCUT2D eigenvalue weighted by molar-refractivity contribution is 8.13. The van der Waals surface area contributed by atoms with Crippen molar-refractivity contribution in [3.8, 4) is 0 Å². The first-order chi connectivity index (χ1) is 5.70. The van der Waals surface area contributed by atoms with Crippen molar-refractivity contribution in [3.63, 3.8) is 0 Å². The van der Waals surface area contributed by atoms with Crippen molar-refractivity contribution < 1.29 is 4.74 Å². The fourth-order valence-corrected chi connectivity index (χ4v) is 2.24. The minimum Gasteiger partial charge on any atom is -0.478 e. The Morgan fingerprint density at radius 2 is 2.50 bits per heavy atom. The Labute approximate surface area is 76.3 Å². The van der Waals surface area contributed by atoms with E-state index in [2.05, 4.69) is 29.4 Å². The van der Waals surface area contributed by atoms with Gasteiger partial charge in [0.1, 0.15) is 17.4 Å². The van der Waals surface area contributed by atoms with Crippen LogP contribution in [0.25, 0.3) is 0 Å². The van der Waals surface area contributed by atoms with Gasteiger partial charge in [0.25, 0.3) is 0 Å². The molecule has 2 heterocycles. The van der Waals surface area contributed by atoms with E-state index in [1.807, 2.05) is 0 Å². The molecule has 2 aliphatic rings. The van der Waals surface area contributed by atoms with Crippen molar-refractivity contribution in [2.45, 2.75) is 24.6 Å². The quantitative estimate of drug-likeness (QED) is 0.612. The number of rotatable bonds is 1. The average Bonchev–Trinajstić information content (AvgIpc) is 2.55. The molecule has 1 unspecified atom stereocenters. The van der Waals surface area contributed by atoms with Crippen LogP contribution >= 0.6 is 11.8 Å². The van der Waals surface area contributed by atoms with Crippen molar-refractivity contribution >= 4 is 23.2 Å². The van der Waals surface area contributed by atoms with Crippen LogP contribution in [0.2, 0.25) is 0 Å². The number of thioether (sulfide) groups is 1. The molecule has 0 bridgehead atoms. The number of aliphatic imine (C=N–C) groups is 2. The SMILES string of the molecule is CC1(C)N=[C]SC1C1=NCCO1. The Morgan fingerprint density at radius 3 is 3.00 bits per heavy atom. The molecule has 0 amide bonds. The van der Waals surface area contributed by atoms with Gasteiger partial charge in [-0.2, -0.15) is 0 Å². The standard InChI is InChI=1S/C8H11N2OS/c1-8(2)6(12-5-10-8)7-9-3-4-11-7/h6H,3-4H2,1-2H3. The molecule has 0 aromatic heterocycles. The maximum Gasteiger partial charge on any atom is 0.199 e. The molecule has 3 nitrogen and oxygen atoms in total. The van der Waals surface area contributed by atoms with Crippen molar-refractivity contribution in [2.24, 2.45) is 9.98 Å². The highest BCUT2D eigenvalue weighted by atomic mass is 32.2. The van der Waals surface area contributed by atoms with E-state index in [0.717, 1.165) is 19.0 Å². The molecule has 0 spiro atoms. The van der Waals surface area contributed by atoms with E-state index in [4.69, 9.17) is 4.74 Å². The van der Waals surface area contributed by atoms with Crippen molar-refractivity contribution in [1.29, 1.82) is 0 Å². The van der Waals surface area contributed by atoms with E-state index in [1.165, 1.54) is 0 Å². The highest BCUT2D eigenvalue weighted by Gasteiger charge is 2.39. The third kappa shape index (κ3) is 1.24. The topological polar surface area (TPSA) is 34.0 Å². The molecule has 2 aliphatic heterocycles. The normalized spacial score (nSPS) is 31.8. The summed E-state index contributed by atoms with van der Waals surface area (Å²) in [5.41, 5.74) is 2.82. The van der Waals surface area contributed by atoms with Crippen LogP contribution in [0.5, 0.6) is 0 Å². The Balaban J connectivity index is 2.15. The Hall–Kier alpha value is -0.510. The van der Waals surface area contributed by atoms with Crippen LogP contribution in [0.3, 0.4) is 0 Å². The zero-order valence-electron chi connectivity index (χ0n) is 7.20. The molecule has 0 saturated heterocycles. The highest BCUT2D eigenvalue weighted by Crippen LogP contribution is 2.33. The van der Waals surface area contributed by atoms with Crippen LogP contribution in [0.1, 0.15) is 13.8 Å². The van der Waals surface area contributed by atoms with Crippen LogP contribution in [0, 0.1) is 0 Å². The predicted molar refractivity (Wildman–Crippen MR) is 51.1 cm³/mol. The molecular weight excluding hydrogens is 172 g/mol. The zero-order chi connectivity index (χ0) is 8.60. The summed E-state index contributed by atoms with van der Waals surface area (Å²) in [6.45, 7) is 5.68. The molecule has 1 atom stereocenters. The Kier molecular flexibility index (Phi) is 1.87. The molecule has 65 valence electrons. The van der Waals surface area contributed by atoms with Gasteiger partial charge in [0.15, 0.2) is 5.90 Å². The number of hydrogen-bond donors (Lipinski definition) is 0. The third-order valence-electron chi connectivity index (χ3n) is 1.98. The van der Waals surface area contributed by atoms with Gasteiger partial charge in [0.05, 0.1) is 12.1 Å². The Morgan fingerprint density at radius 1 is 1.67 bits per heavy atom. The summed E-state index contributed by atoms with van der Waals surface area (Å²) < 4.78 is 5.40. The summed E-state index contributed by atoms with van der Waals surface area (Å²) in [7, 11) is 0. The minimum atomic E-state index is -0.103. The molecule has 2 rings (SSSR count). The summed E-state index contributed by atoms with van der Waals surface area (Å²) >= 11 is 1.57. The van der Waals surface area contributed by atoms with Crippen LogP contribution in [-0.4, -0.2) is 35.4 Å². The lowest BCUT2D eigenvalue weighted by atomic mass is 10.0. The fourth-order valence-electron chi connectivity index (χ4n) is 1.26. The van der Waals surface area contributed by atoms with E-state index < -0.39 is 0 Å². The van der Waals surface area contributed by atoms with Crippen LogP contribution in [0.4, 0.5) is 0 Å². The number of nitrogens with zero attached hydrogens (tertiary/aromatic N) is 2. The second-order valence-electron chi connectivity index (χ2n) is 3.42. The smallest absolute Gasteiger partial charge is 0.199 e. The van der Waals surface area contributed by atoms with Gasteiger partial charge in [-0.3, -0.25) is 9.98 Å². The Bertz CT molecular complexity index is 247. The summed E-state index contributed by atoms with van der Waals surface area (Å²) in [5, 5.41) is 0.236. The third-order valence-corrected chi connectivity index (χ3v) is 3.19. The van der Waals surface area contributed by atoms with Gasteiger partial charge >= 0.3 is 0 Å². The van der Waals surface area contributed by atoms with Crippen molar-refractivity contribution in [2.75, 3.05) is 13.2 Å². The molecule has 1 radical (unpaired) electrons. The second kappa shape index (κ2) is 2.76. The van der Waals surface area contributed by atoms with E-state index in [9.17, 15) is 0 Å². The number of ether oxygens (including phenoxy) is 1. The summed E-state index contributed by atoms with van der Waals surface area (Å²) in [4.78, 5) is 8.53. The van der Waals surface area contributed by atoms with Gasteiger partial charge in [-0.1, -0.05) is 11.8 Å². The molecule has 0 aromatic rings. The van der Waals surface area contributed by atoms with Gasteiger partial charge in [0, 0.05) is 0 Å². The second-order valence-corrected chi connectivity index (χ2v) is 4.31. The first-order valence-electron chi connectivity index (χ1n) is 4.00. The zero-order valence-corrected chi connectivity index (χ0v) is 8.02. The van der Waals surface area contributed by atoms with Gasteiger partial charge in [-0.15, -0.1) is 0 Å². The lowest BCUT2D eigenvalue weighted by Crippen LogP contribution is -2.35. The van der Waals surface area contributed by atoms with Crippen molar-refractivity contribution in [1.82, 2.24) is 0 Å². The van der Waals surface area contributed by atoms with Gasteiger partial charge in [-0.05, 0) is 13.8 Å². The lowest BCUT2D eigenvalue weighted by molar-refractivity contribution is 0.330. The van der Waals surface area contributed by atoms with E-state index >= 15 is 0 Å². The van der Waals surface area contributed by atoms with Crippen LogP contribution in [0.15, 0.2) is 9.98 Å². The van der Waals surface area contributed by atoms with E-state index in [1.54, 1.807) is 11.8 Å². The van der Waals surface area contributed by atoms with Gasteiger partial charge in [-0.25, -0.2) is 0 Å². The van der Waals surface area contributed by atoms with E-state index in [0.29, 0.717) is 0 Å². The maximum atomic E-state index is 5.40. The summed E-state index contributed by atoms with van der Waals surface area (Å²) in [6.07, 6.45) is 0. The molecule has 0 aromatic carbocycles. The molecule has 0 aliphatic carbocycles. The largest absolute Gasteiger partial charge is 0.478 e. The summed E-state index contributed by atoms with van der Waals surface area (Å²) in [5.74, 6) is 0.846. The van der Waals surface area contributed by atoms with Crippen molar-refractivity contribution in [3.05, 3.63) is 0 Å². The monoisotopic (exact) mass is 183 g/mol. The predicted octanol–water partition coefficient (Wildman–Crippen LogP) is 1.21. The maximum absolute atomic E-state index is 5.40. The first kappa shape index (κ1) is 8.10. The van der Waals surface area contributed by atoms with Crippen LogP contribution < -0.4 is 0 Å². The van der Waals surface area contributed by atoms with Crippen LogP contribution in [-0.2, 0) is 4.74 Å². The summed E-state index contributed by atoms with van der Waals surface area (Å²) in [6, 6.07) is 0. The molecule has 4 heteroatoms. The van der Waals surface area contributed by atoms with E-state index in [-0.39, 0.29) is 10.8 Å².